The molecule has 1 atom stereocenters. The maximum absolute atomic E-state index is 11.3. The number of ketones is 1. The van der Waals surface area contributed by atoms with Crippen LogP contribution in [0.15, 0.2) is 0 Å². The summed E-state index contributed by atoms with van der Waals surface area (Å²) in [5.41, 5.74) is 0. The Morgan fingerprint density at radius 3 is 2.31 bits per heavy atom. The molecule has 0 saturated carbocycles. The Morgan fingerprint density at radius 2 is 2.00 bits per heavy atom. The van der Waals surface area contributed by atoms with Gasteiger partial charge >= 0.3 is 8.25 Å². The molecule has 0 fully saturated rings. The molecule has 0 aliphatic carbocycles. The lowest BCUT2D eigenvalue weighted by Gasteiger charge is -2.20. The molecule has 1 unspecified atom stereocenters. The van der Waals surface area contributed by atoms with Crippen molar-refractivity contribution in [2.45, 2.75) is 31.6 Å². The van der Waals surface area contributed by atoms with Crippen molar-refractivity contribution < 1.29 is 18.8 Å². The van der Waals surface area contributed by atoms with E-state index in [4.69, 9.17) is 16.5 Å². The monoisotopic (exact) mass is 227 g/mol. The molecular weight excluding hydrogens is 214 g/mol. The number of Topliss-reactive ketones (excluding diaryl/α,β-unsaturated/α-hetero) is 1. The summed E-state index contributed by atoms with van der Waals surface area (Å²) >= 11 is 5.94. The zero-order chi connectivity index (χ0) is 10.5. The van der Waals surface area contributed by atoms with Gasteiger partial charge in [-0.25, -0.2) is 0 Å². The highest BCUT2D eigenvalue weighted by atomic mass is 35.5. The molecule has 0 aliphatic heterocycles. The van der Waals surface area contributed by atoms with Gasteiger partial charge in [-0.2, -0.15) is 0 Å². The van der Waals surface area contributed by atoms with Crippen LogP contribution in [0.3, 0.4) is 0 Å². The summed E-state index contributed by atoms with van der Waals surface area (Å²) in [6.07, 6.45) is 0.963. The van der Waals surface area contributed by atoms with Gasteiger partial charge in [0.05, 0.1) is 0 Å². The molecule has 0 aromatic heterocycles. The fourth-order valence-corrected chi connectivity index (χ4v) is 1.17. The molecule has 0 spiro atoms. The summed E-state index contributed by atoms with van der Waals surface area (Å²) in [5, 5.41) is 0. The fraction of sp³-hybridized carbons (Fsp3) is 0.857. The van der Waals surface area contributed by atoms with Gasteiger partial charge in [0.2, 0.25) is 0 Å². The summed E-state index contributed by atoms with van der Waals surface area (Å²) in [4.78, 5) is 18.7. The molecule has 0 saturated heterocycles. The number of hydrogen-bond acceptors (Lipinski definition) is 3. The van der Waals surface area contributed by atoms with Crippen molar-refractivity contribution >= 4 is 25.6 Å². The van der Waals surface area contributed by atoms with E-state index in [2.05, 4.69) is 4.52 Å². The van der Waals surface area contributed by atoms with E-state index in [1.807, 2.05) is 0 Å². The smallest absolute Gasteiger partial charge is 0.295 e. The Balaban J connectivity index is 4.15. The summed E-state index contributed by atoms with van der Waals surface area (Å²) < 4.78 is 14.4. The molecule has 0 bridgehead atoms. The van der Waals surface area contributed by atoms with Crippen molar-refractivity contribution in [1.29, 1.82) is 0 Å². The zero-order valence-electron chi connectivity index (χ0n) is 7.62. The van der Waals surface area contributed by atoms with E-state index in [1.54, 1.807) is 13.8 Å². The third kappa shape index (κ3) is 4.14. The Bertz CT molecular complexity index is 203. The van der Waals surface area contributed by atoms with Crippen LogP contribution in [0.25, 0.3) is 0 Å². The first kappa shape index (κ1) is 13.0. The van der Waals surface area contributed by atoms with Gasteiger partial charge in [0.15, 0.2) is 12.4 Å². The number of halogens is 1. The van der Waals surface area contributed by atoms with Gasteiger partial charge in [0, 0.05) is 4.57 Å². The highest BCUT2D eigenvalue weighted by Crippen LogP contribution is 2.26. The second kappa shape index (κ2) is 5.66. The number of hydrogen-bond donors (Lipinski definition) is 1. The van der Waals surface area contributed by atoms with Crippen LogP contribution >= 0.6 is 19.9 Å². The van der Waals surface area contributed by atoms with E-state index in [0.29, 0.717) is 12.8 Å². The summed E-state index contributed by atoms with van der Waals surface area (Å²) in [7, 11) is -2.72. The molecule has 0 aliphatic rings. The van der Waals surface area contributed by atoms with Crippen molar-refractivity contribution in [3.8, 4) is 0 Å². The number of carbonyl (C=O) groups is 1. The van der Waals surface area contributed by atoms with Crippen molar-refractivity contribution in [1.82, 2.24) is 0 Å². The molecule has 76 valence electrons. The maximum Gasteiger partial charge on any atom is 0.695 e. The number of rotatable bonds is 6. The van der Waals surface area contributed by atoms with Crippen LogP contribution in [-0.2, 0) is 13.9 Å². The van der Waals surface area contributed by atoms with E-state index < -0.39 is 19.7 Å². The minimum atomic E-state index is -2.72. The molecule has 6 heteroatoms. The van der Waals surface area contributed by atoms with Gasteiger partial charge in [-0.05, 0) is 12.8 Å². The first-order valence-electron chi connectivity index (χ1n) is 3.97. The second-order valence-electron chi connectivity index (χ2n) is 2.61. The van der Waals surface area contributed by atoms with Crippen molar-refractivity contribution in [2.24, 2.45) is 0 Å². The molecule has 0 heterocycles. The van der Waals surface area contributed by atoms with E-state index in [0.717, 1.165) is 0 Å². The lowest BCUT2D eigenvalue weighted by atomic mass is 9.97. The third-order valence-corrected chi connectivity index (χ3v) is 3.02. The normalized spacial score (nSPS) is 12.8. The number of carbonyl (C=O) groups excluding carboxylic acids is 1. The molecule has 13 heavy (non-hydrogen) atoms. The van der Waals surface area contributed by atoms with Gasteiger partial charge in [0.25, 0.3) is 0 Å². The van der Waals surface area contributed by atoms with Crippen LogP contribution in [0, 0.1) is 0 Å². The van der Waals surface area contributed by atoms with Gasteiger partial charge in [0.1, 0.15) is 4.87 Å². The lowest BCUT2D eigenvalue weighted by Crippen LogP contribution is -2.33. The predicted molar refractivity (Wildman–Crippen MR) is 50.0 cm³/mol. The molecule has 0 aromatic rings. The van der Waals surface area contributed by atoms with Crippen LogP contribution in [0.2, 0.25) is 0 Å². The van der Waals surface area contributed by atoms with E-state index in [9.17, 15) is 9.36 Å². The molecule has 0 radical (unpaired) electrons. The molecule has 0 rings (SSSR count). The Hall–Kier alpha value is -0.0200. The van der Waals surface area contributed by atoms with E-state index >= 15 is 0 Å². The quantitative estimate of drug-likeness (QED) is 0.557. The minimum absolute atomic E-state index is 0.350. The Labute approximate surface area is 83.2 Å². The van der Waals surface area contributed by atoms with Crippen LogP contribution in [0.1, 0.15) is 26.7 Å². The lowest BCUT2D eigenvalue weighted by molar-refractivity contribution is -0.123. The first-order chi connectivity index (χ1) is 5.96. The minimum Gasteiger partial charge on any atom is -0.295 e. The van der Waals surface area contributed by atoms with Crippen molar-refractivity contribution in [2.75, 3.05) is 6.61 Å². The topological polar surface area (TPSA) is 63.6 Å². The molecular formula is C7H13ClO4P+. The zero-order valence-corrected chi connectivity index (χ0v) is 9.27. The van der Waals surface area contributed by atoms with Gasteiger partial charge in [-0.15, -0.1) is 21.0 Å². The third-order valence-electron chi connectivity index (χ3n) is 1.93. The second-order valence-corrected chi connectivity index (χ2v) is 4.06. The Kier molecular flexibility index (Phi) is 5.65. The van der Waals surface area contributed by atoms with Crippen LogP contribution in [0.4, 0.5) is 0 Å². The molecule has 0 amide bonds. The van der Waals surface area contributed by atoms with Gasteiger partial charge in [-0.1, -0.05) is 13.8 Å². The van der Waals surface area contributed by atoms with Crippen molar-refractivity contribution in [3.63, 3.8) is 0 Å². The van der Waals surface area contributed by atoms with Crippen LogP contribution in [-0.4, -0.2) is 22.2 Å². The average molecular weight is 228 g/mol. The Morgan fingerprint density at radius 1 is 1.54 bits per heavy atom. The molecule has 4 nitrogen and oxygen atoms in total. The highest BCUT2D eigenvalue weighted by Gasteiger charge is 2.34. The van der Waals surface area contributed by atoms with Crippen LogP contribution in [0.5, 0.6) is 0 Å². The SMILES string of the molecule is CCC(Cl)(CC)C(=O)CO[P+](=O)O. The van der Waals surface area contributed by atoms with Crippen molar-refractivity contribution in [3.05, 3.63) is 0 Å². The summed E-state index contributed by atoms with van der Waals surface area (Å²) in [6, 6.07) is 0. The summed E-state index contributed by atoms with van der Waals surface area (Å²) in [6.45, 7) is 3.16. The van der Waals surface area contributed by atoms with E-state index in [1.165, 1.54) is 0 Å². The molecule has 1 N–H and O–H groups in total. The number of alkyl halides is 1. The highest BCUT2D eigenvalue weighted by molar-refractivity contribution is 7.32. The van der Waals surface area contributed by atoms with Gasteiger partial charge in [-0.3, -0.25) is 4.79 Å². The van der Waals surface area contributed by atoms with E-state index in [-0.39, 0.29) is 5.78 Å². The van der Waals surface area contributed by atoms with Gasteiger partial charge < -0.3 is 0 Å². The summed E-state index contributed by atoms with van der Waals surface area (Å²) in [5.74, 6) is -0.350. The largest absolute Gasteiger partial charge is 0.695 e. The standard InChI is InChI=1S/C7H12ClO4P/c1-3-7(8,4-2)6(9)5-12-13(10)11/h3-5H2,1-2H3/p+1. The average Bonchev–Trinajstić information content (AvgIpc) is 2.12. The van der Waals surface area contributed by atoms with Crippen LogP contribution < -0.4 is 0 Å². The molecule has 0 aromatic carbocycles. The predicted octanol–water partition coefficient (Wildman–Crippen LogP) is 2.02. The fourth-order valence-electron chi connectivity index (χ4n) is 0.888. The first-order valence-corrected chi connectivity index (χ1v) is 5.48. The maximum atomic E-state index is 11.3.